The number of hydrogen-bond donors (Lipinski definition) is 1. The number of carbonyl (C=O) groups excluding carboxylic acids is 1. The van der Waals surface area contributed by atoms with Gasteiger partial charge in [0.1, 0.15) is 0 Å². The Bertz CT molecular complexity index is 828. The van der Waals surface area contributed by atoms with Crippen molar-refractivity contribution >= 4 is 5.91 Å². The first kappa shape index (κ1) is 16.5. The van der Waals surface area contributed by atoms with Crippen molar-refractivity contribution in [3.05, 3.63) is 66.5 Å². The van der Waals surface area contributed by atoms with Gasteiger partial charge in [0.2, 0.25) is 5.82 Å². The lowest BCUT2D eigenvalue weighted by Gasteiger charge is -2.22. The lowest BCUT2D eigenvalue weighted by Crippen LogP contribution is -2.38. The lowest BCUT2D eigenvalue weighted by atomic mass is 10.2. The highest BCUT2D eigenvalue weighted by Gasteiger charge is 2.27. The molecule has 1 unspecified atom stereocenters. The van der Waals surface area contributed by atoms with E-state index in [0.717, 1.165) is 30.8 Å². The molecule has 1 fully saturated rings. The van der Waals surface area contributed by atoms with Gasteiger partial charge in [-0.3, -0.25) is 4.79 Å². The predicted octanol–water partition coefficient (Wildman–Crippen LogP) is 2.37. The molecular formula is C20H21N5O. The molecule has 0 bridgehead atoms. The number of para-hydroxylation sites is 1. The van der Waals surface area contributed by atoms with Crippen LogP contribution < -0.4 is 5.32 Å². The normalized spacial score (nSPS) is 16.6. The summed E-state index contributed by atoms with van der Waals surface area (Å²) in [7, 11) is 1.82. The molecule has 1 aromatic heterocycles. The van der Waals surface area contributed by atoms with Crippen LogP contribution in [-0.4, -0.2) is 51.8 Å². The molecule has 1 amide bonds. The molecule has 2 heterocycles. The van der Waals surface area contributed by atoms with Crippen molar-refractivity contribution in [3.8, 4) is 17.1 Å². The third kappa shape index (κ3) is 3.11. The largest absolute Gasteiger partial charge is 0.335 e. The Labute approximate surface area is 152 Å². The molecule has 1 N–H and O–H groups in total. The Hall–Kier alpha value is -2.99. The molecule has 6 heteroatoms. The van der Waals surface area contributed by atoms with Crippen LogP contribution in [0.15, 0.2) is 60.7 Å². The number of hydrogen-bond acceptors (Lipinski definition) is 4. The summed E-state index contributed by atoms with van der Waals surface area (Å²) in [5.41, 5.74) is 1.80. The molecule has 1 atom stereocenters. The van der Waals surface area contributed by atoms with E-state index in [2.05, 4.69) is 15.4 Å². The minimum Gasteiger partial charge on any atom is -0.335 e. The van der Waals surface area contributed by atoms with Gasteiger partial charge in [-0.2, -0.15) is 0 Å². The fourth-order valence-corrected chi connectivity index (χ4v) is 3.22. The molecular weight excluding hydrogens is 326 g/mol. The zero-order valence-electron chi connectivity index (χ0n) is 14.7. The molecule has 0 saturated carbocycles. The van der Waals surface area contributed by atoms with Crippen molar-refractivity contribution in [2.24, 2.45) is 0 Å². The maximum atomic E-state index is 12.9. The smallest absolute Gasteiger partial charge is 0.293 e. The number of rotatable bonds is 4. The van der Waals surface area contributed by atoms with Crippen molar-refractivity contribution < 1.29 is 4.79 Å². The number of amides is 1. The van der Waals surface area contributed by atoms with Crippen LogP contribution in [-0.2, 0) is 0 Å². The Morgan fingerprint density at radius 3 is 2.46 bits per heavy atom. The molecule has 3 aromatic rings. The average molecular weight is 347 g/mol. The van der Waals surface area contributed by atoms with Gasteiger partial charge < -0.3 is 10.2 Å². The highest BCUT2D eigenvalue weighted by Crippen LogP contribution is 2.22. The van der Waals surface area contributed by atoms with Gasteiger partial charge in [-0.15, -0.1) is 5.10 Å². The molecule has 4 rings (SSSR count). The third-order valence-electron chi connectivity index (χ3n) is 4.73. The number of carbonyl (C=O) groups is 1. The Morgan fingerprint density at radius 2 is 1.81 bits per heavy atom. The van der Waals surface area contributed by atoms with Crippen molar-refractivity contribution in [2.45, 2.75) is 12.5 Å². The van der Waals surface area contributed by atoms with Gasteiger partial charge >= 0.3 is 0 Å². The van der Waals surface area contributed by atoms with Crippen LogP contribution in [0.1, 0.15) is 17.0 Å². The standard InChI is InChI=1S/C20H21N5O/c1-24(17-12-13-21-14-17)20(26)18-22-19(15-8-4-2-5-9-15)25(23-18)16-10-6-3-7-11-16/h2-11,17,21H,12-14H2,1H3. The van der Waals surface area contributed by atoms with Crippen molar-refractivity contribution in [1.82, 2.24) is 25.0 Å². The van der Waals surface area contributed by atoms with Crippen molar-refractivity contribution in [1.29, 1.82) is 0 Å². The summed E-state index contributed by atoms with van der Waals surface area (Å²) in [6.45, 7) is 1.75. The third-order valence-corrected chi connectivity index (χ3v) is 4.73. The summed E-state index contributed by atoms with van der Waals surface area (Å²) in [5.74, 6) is 0.741. The SMILES string of the molecule is CN(C(=O)c1nc(-c2ccccc2)n(-c2ccccc2)n1)C1CCNC1. The zero-order chi connectivity index (χ0) is 17.9. The van der Waals surface area contributed by atoms with Gasteiger partial charge in [-0.05, 0) is 25.1 Å². The lowest BCUT2D eigenvalue weighted by molar-refractivity contribution is 0.0731. The van der Waals surface area contributed by atoms with E-state index in [0.29, 0.717) is 5.82 Å². The molecule has 6 nitrogen and oxygen atoms in total. The monoisotopic (exact) mass is 347 g/mol. The average Bonchev–Trinajstić information content (AvgIpc) is 3.38. The van der Waals surface area contributed by atoms with E-state index in [1.807, 2.05) is 67.7 Å². The minimum absolute atomic E-state index is 0.148. The Kier molecular flexibility index (Phi) is 4.50. The summed E-state index contributed by atoms with van der Waals surface area (Å²) in [6.07, 6.45) is 0.952. The molecule has 0 radical (unpaired) electrons. The van der Waals surface area contributed by atoms with Crippen LogP contribution >= 0.6 is 0 Å². The highest BCUT2D eigenvalue weighted by molar-refractivity contribution is 5.91. The molecule has 0 aliphatic carbocycles. The molecule has 0 spiro atoms. The maximum Gasteiger partial charge on any atom is 0.293 e. The van der Waals surface area contributed by atoms with E-state index in [1.165, 1.54) is 0 Å². The van der Waals surface area contributed by atoms with Crippen molar-refractivity contribution in [3.63, 3.8) is 0 Å². The van der Waals surface area contributed by atoms with Crippen LogP contribution in [0.3, 0.4) is 0 Å². The highest BCUT2D eigenvalue weighted by atomic mass is 16.2. The molecule has 1 aliphatic heterocycles. The topological polar surface area (TPSA) is 63.1 Å². The molecule has 2 aromatic carbocycles. The van der Waals surface area contributed by atoms with E-state index < -0.39 is 0 Å². The van der Waals surface area contributed by atoms with Crippen LogP contribution in [0.25, 0.3) is 17.1 Å². The minimum atomic E-state index is -0.148. The fourth-order valence-electron chi connectivity index (χ4n) is 3.22. The van der Waals surface area contributed by atoms with Crippen LogP contribution in [0.2, 0.25) is 0 Å². The van der Waals surface area contributed by atoms with Gasteiger partial charge in [-0.25, -0.2) is 9.67 Å². The zero-order valence-corrected chi connectivity index (χ0v) is 14.7. The molecule has 26 heavy (non-hydrogen) atoms. The Balaban J connectivity index is 1.75. The van der Waals surface area contributed by atoms with Crippen LogP contribution in [0.5, 0.6) is 0 Å². The first-order chi connectivity index (χ1) is 12.7. The van der Waals surface area contributed by atoms with Crippen LogP contribution in [0.4, 0.5) is 0 Å². The quantitative estimate of drug-likeness (QED) is 0.787. The number of nitrogens with one attached hydrogen (secondary N) is 1. The predicted molar refractivity (Wildman–Crippen MR) is 100 cm³/mol. The summed E-state index contributed by atoms with van der Waals surface area (Å²) in [4.78, 5) is 19.3. The number of benzene rings is 2. The molecule has 132 valence electrons. The number of aromatic nitrogens is 3. The van der Waals surface area contributed by atoms with E-state index >= 15 is 0 Å². The summed E-state index contributed by atoms with van der Waals surface area (Å²) < 4.78 is 1.74. The first-order valence-corrected chi connectivity index (χ1v) is 8.80. The maximum absolute atomic E-state index is 12.9. The van der Waals surface area contributed by atoms with Gasteiger partial charge in [0.25, 0.3) is 5.91 Å². The second kappa shape index (κ2) is 7.09. The van der Waals surface area contributed by atoms with E-state index in [1.54, 1.807) is 9.58 Å². The van der Waals surface area contributed by atoms with E-state index in [4.69, 9.17) is 0 Å². The Morgan fingerprint density at radius 1 is 1.12 bits per heavy atom. The second-order valence-electron chi connectivity index (χ2n) is 6.44. The molecule has 1 saturated heterocycles. The van der Waals surface area contributed by atoms with Gasteiger partial charge in [0.15, 0.2) is 5.82 Å². The van der Waals surface area contributed by atoms with Crippen molar-refractivity contribution in [2.75, 3.05) is 20.1 Å². The van der Waals surface area contributed by atoms with Gasteiger partial charge in [0.05, 0.1) is 5.69 Å². The summed E-state index contributed by atoms with van der Waals surface area (Å²) in [5, 5.41) is 7.83. The van der Waals surface area contributed by atoms with Gasteiger partial charge in [0, 0.05) is 25.2 Å². The van der Waals surface area contributed by atoms with E-state index in [9.17, 15) is 4.79 Å². The second-order valence-corrected chi connectivity index (χ2v) is 6.44. The summed E-state index contributed by atoms with van der Waals surface area (Å²) >= 11 is 0. The first-order valence-electron chi connectivity index (χ1n) is 8.80. The number of likely N-dealkylation sites (N-methyl/N-ethyl adjacent to an activating group) is 1. The van der Waals surface area contributed by atoms with Crippen LogP contribution in [0, 0.1) is 0 Å². The molecule has 1 aliphatic rings. The van der Waals surface area contributed by atoms with E-state index in [-0.39, 0.29) is 17.8 Å². The number of nitrogens with zero attached hydrogens (tertiary/aromatic N) is 4. The summed E-state index contributed by atoms with van der Waals surface area (Å²) in [6, 6.07) is 19.8. The van der Waals surface area contributed by atoms with Gasteiger partial charge in [-0.1, -0.05) is 48.5 Å². The fraction of sp³-hybridized carbons (Fsp3) is 0.250.